The van der Waals surface area contributed by atoms with Crippen LogP contribution in [0.15, 0.2) is 0 Å². The molecule has 0 radical (unpaired) electrons. The first-order valence-corrected chi connectivity index (χ1v) is 4.83. The molecule has 0 saturated carbocycles. The second-order valence-electron chi connectivity index (χ2n) is 3.93. The smallest absolute Gasteiger partial charge is 0.0898 e. The average molecular weight is 157 g/mol. The zero-order valence-electron chi connectivity index (χ0n) is 7.82. The van der Waals surface area contributed by atoms with E-state index in [1.54, 1.807) is 4.90 Å². The van der Waals surface area contributed by atoms with Gasteiger partial charge in [-0.2, -0.15) is 0 Å². The molecule has 0 spiro atoms. The van der Waals surface area contributed by atoms with Gasteiger partial charge in [-0.1, -0.05) is 13.8 Å². The fourth-order valence-corrected chi connectivity index (χ4v) is 1.52. The SMILES string of the molecule is CC(C)CC[NH+]1CCNCC1. The molecule has 2 N–H and O–H groups in total. The highest BCUT2D eigenvalue weighted by Crippen LogP contribution is 1.94. The highest BCUT2D eigenvalue weighted by atomic mass is 15.2. The van der Waals surface area contributed by atoms with Crippen LogP contribution in [-0.4, -0.2) is 32.7 Å². The Morgan fingerprint density at radius 2 is 1.91 bits per heavy atom. The van der Waals surface area contributed by atoms with Crippen molar-refractivity contribution in [3.05, 3.63) is 0 Å². The standard InChI is InChI=1S/C9H20N2/c1-9(2)3-6-11-7-4-10-5-8-11/h9-10H,3-8H2,1-2H3/p+1. The van der Waals surface area contributed by atoms with Gasteiger partial charge in [-0.05, 0) is 12.3 Å². The van der Waals surface area contributed by atoms with E-state index in [9.17, 15) is 0 Å². The first-order chi connectivity index (χ1) is 5.29. The van der Waals surface area contributed by atoms with Crippen molar-refractivity contribution in [1.82, 2.24) is 5.32 Å². The van der Waals surface area contributed by atoms with Crippen LogP contribution in [-0.2, 0) is 0 Å². The monoisotopic (exact) mass is 157 g/mol. The van der Waals surface area contributed by atoms with Crippen molar-refractivity contribution in [2.24, 2.45) is 5.92 Å². The van der Waals surface area contributed by atoms with Crippen molar-refractivity contribution in [3.8, 4) is 0 Å². The van der Waals surface area contributed by atoms with E-state index in [1.165, 1.54) is 39.1 Å². The molecule has 0 unspecified atom stereocenters. The Morgan fingerprint density at radius 3 is 2.45 bits per heavy atom. The predicted molar refractivity (Wildman–Crippen MR) is 47.9 cm³/mol. The molecule has 66 valence electrons. The molecule has 0 aliphatic carbocycles. The van der Waals surface area contributed by atoms with E-state index < -0.39 is 0 Å². The van der Waals surface area contributed by atoms with Gasteiger partial charge in [0, 0.05) is 13.1 Å². The van der Waals surface area contributed by atoms with Crippen molar-refractivity contribution in [1.29, 1.82) is 0 Å². The van der Waals surface area contributed by atoms with Gasteiger partial charge in [0.15, 0.2) is 0 Å². The molecule has 0 aromatic carbocycles. The average Bonchev–Trinajstić information content (AvgIpc) is 2.03. The summed E-state index contributed by atoms with van der Waals surface area (Å²) in [5.74, 6) is 0.873. The summed E-state index contributed by atoms with van der Waals surface area (Å²) >= 11 is 0. The van der Waals surface area contributed by atoms with Crippen LogP contribution in [0.2, 0.25) is 0 Å². The number of quaternary nitrogens is 1. The molecule has 1 aliphatic rings. The number of hydrogen-bond donors (Lipinski definition) is 2. The highest BCUT2D eigenvalue weighted by Gasteiger charge is 2.12. The van der Waals surface area contributed by atoms with E-state index in [4.69, 9.17) is 0 Å². The number of piperazine rings is 1. The van der Waals surface area contributed by atoms with Crippen molar-refractivity contribution in [2.75, 3.05) is 32.7 Å². The van der Waals surface area contributed by atoms with Gasteiger partial charge in [0.05, 0.1) is 19.6 Å². The molecule has 0 amide bonds. The lowest BCUT2D eigenvalue weighted by Gasteiger charge is -2.24. The number of rotatable bonds is 3. The third-order valence-electron chi connectivity index (χ3n) is 2.39. The molecule has 1 fully saturated rings. The quantitative estimate of drug-likeness (QED) is 0.566. The van der Waals surface area contributed by atoms with Crippen LogP contribution < -0.4 is 10.2 Å². The largest absolute Gasteiger partial charge is 0.333 e. The number of nitrogens with one attached hydrogen (secondary N) is 2. The molecule has 1 heterocycles. The topological polar surface area (TPSA) is 16.5 Å². The summed E-state index contributed by atoms with van der Waals surface area (Å²) in [7, 11) is 0. The van der Waals surface area contributed by atoms with Crippen LogP contribution in [0.25, 0.3) is 0 Å². The van der Waals surface area contributed by atoms with Crippen molar-refractivity contribution in [2.45, 2.75) is 20.3 Å². The van der Waals surface area contributed by atoms with Gasteiger partial charge in [0.25, 0.3) is 0 Å². The zero-order valence-corrected chi connectivity index (χ0v) is 7.82. The number of hydrogen-bond acceptors (Lipinski definition) is 1. The minimum atomic E-state index is 0.873. The molecule has 2 nitrogen and oxygen atoms in total. The maximum Gasteiger partial charge on any atom is 0.0898 e. The van der Waals surface area contributed by atoms with E-state index in [0.717, 1.165) is 5.92 Å². The van der Waals surface area contributed by atoms with Crippen molar-refractivity contribution < 1.29 is 4.90 Å². The molecule has 0 aromatic rings. The van der Waals surface area contributed by atoms with E-state index >= 15 is 0 Å². The van der Waals surface area contributed by atoms with Gasteiger partial charge in [-0.3, -0.25) is 0 Å². The minimum absolute atomic E-state index is 0.873. The predicted octanol–water partition coefficient (Wildman–Crippen LogP) is -0.479. The molecule has 1 aliphatic heterocycles. The Bertz CT molecular complexity index is 95.7. The van der Waals surface area contributed by atoms with E-state index in [2.05, 4.69) is 19.2 Å². The molecule has 0 aromatic heterocycles. The molecule has 2 heteroatoms. The Morgan fingerprint density at radius 1 is 1.27 bits per heavy atom. The normalized spacial score (nSPS) is 21.0. The Labute approximate surface area is 70.0 Å². The lowest BCUT2D eigenvalue weighted by molar-refractivity contribution is -0.902. The zero-order chi connectivity index (χ0) is 8.10. The Balaban J connectivity index is 2.05. The van der Waals surface area contributed by atoms with Crippen LogP contribution >= 0.6 is 0 Å². The maximum atomic E-state index is 3.38. The highest BCUT2D eigenvalue weighted by molar-refractivity contribution is 4.51. The van der Waals surface area contributed by atoms with E-state index in [1.807, 2.05) is 0 Å². The summed E-state index contributed by atoms with van der Waals surface area (Å²) in [4.78, 5) is 1.79. The van der Waals surface area contributed by atoms with Crippen LogP contribution in [0.1, 0.15) is 20.3 Å². The summed E-state index contributed by atoms with van der Waals surface area (Å²) in [6, 6.07) is 0. The van der Waals surface area contributed by atoms with Gasteiger partial charge in [-0.25, -0.2) is 0 Å². The lowest BCUT2D eigenvalue weighted by Crippen LogP contribution is -3.14. The van der Waals surface area contributed by atoms with Gasteiger partial charge >= 0.3 is 0 Å². The van der Waals surface area contributed by atoms with Gasteiger partial charge in [-0.15, -0.1) is 0 Å². The Kier molecular flexibility index (Phi) is 3.87. The van der Waals surface area contributed by atoms with Crippen LogP contribution in [0, 0.1) is 5.92 Å². The second-order valence-corrected chi connectivity index (χ2v) is 3.93. The van der Waals surface area contributed by atoms with Gasteiger partial charge in [0.1, 0.15) is 0 Å². The van der Waals surface area contributed by atoms with Crippen LogP contribution in [0.3, 0.4) is 0 Å². The fraction of sp³-hybridized carbons (Fsp3) is 1.00. The third-order valence-corrected chi connectivity index (χ3v) is 2.39. The first kappa shape index (κ1) is 9.01. The summed E-state index contributed by atoms with van der Waals surface area (Å²) < 4.78 is 0. The van der Waals surface area contributed by atoms with Crippen molar-refractivity contribution in [3.63, 3.8) is 0 Å². The van der Waals surface area contributed by atoms with E-state index in [-0.39, 0.29) is 0 Å². The van der Waals surface area contributed by atoms with Gasteiger partial charge < -0.3 is 10.2 Å². The lowest BCUT2D eigenvalue weighted by atomic mass is 10.1. The maximum absolute atomic E-state index is 3.38. The molecule has 0 atom stereocenters. The molecule has 1 saturated heterocycles. The fourth-order valence-electron chi connectivity index (χ4n) is 1.52. The molecule has 1 rings (SSSR count). The Hall–Kier alpha value is -0.0800. The summed E-state index contributed by atoms with van der Waals surface area (Å²) in [5.41, 5.74) is 0. The van der Waals surface area contributed by atoms with Crippen LogP contribution in [0.4, 0.5) is 0 Å². The minimum Gasteiger partial charge on any atom is -0.333 e. The molecular formula is C9H21N2+. The molecule has 0 bridgehead atoms. The van der Waals surface area contributed by atoms with Crippen molar-refractivity contribution >= 4 is 0 Å². The second kappa shape index (κ2) is 4.73. The summed E-state index contributed by atoms with van der Waals surface area (Å²) in [6.07, 6.45) is 1.38. The third kappa shape index (κ3) is 3.73. The van der Waals surface area contributed by atoms with Crippen LogP contribution in [0.5, 0.6) is 0 Å². The van der Waals surface area contributed by atoms with Gasteiger partial charge in [0.2, 0.25) is 0 Å². The molecular weight excluding hydrogens is 136 g/mol. The molecule has 11 heavy (non-hydrogen) atoms. The van der Waals surface area contributed by atoms with E-state index in [0.29, 0.717) is 0 Å². The first-order valence-electron chi connectivity index (χ1n) is 4.83. The summed E-state index contributed by atoms with van der Waals surface area (Å²) in [6.45, 7) is 11.1. The summed E-state index contributed by atoms with van der Waals surface area (Å²) in [5, 5.41) is 3.38.